The fraction of sp³-hybridized carbons (Fsp3) is 0.455. The van der Waals surface area contributed by atoms with Gasteiger partial charge in [0.1, 0.15) is 24.5 Å². The number of anilines is 2. The van der Waals surface area contributed by atoms with Crippen LogP contribution in [0.2, 0.25) is 0 Å². The van der Waals surface area contributed by atoms with E-state index in [2.05, 4.69) is 40.2 Å². The maximum atomic E-state index is 12.2. The van der Waals surface area contributed by atoms with Crippen LogP contribution in [-0.4, -0.2) is 100 Å². The van der Waals surface area contributed by atoms with Crippen LogP contribution in [0.15, 0.2) is 28.4 Å². The van der Waals surface area contributed by atoms with Crippen LogP contribution in [0, 0.1) is 0 Å². The minimum atomic E-state index is -1.37. The first kappa shape index (κ1) is 26.2. The van der Waals surface area contributed by atoms with Gasteiger partial charge in [-0.2, -0.15) is 9.97 Å². The number of nitrogens with two attached hydrogens (primary N) is 2. The molecule has 220 valence electrons. The molecule has 0 amide bonds. The molecule has 2 saturated heterocycles. The summed E-state index contributed by atoms with van der Waals surface area (Å²) in [6, 6.07) is -0.447. The molecule has 20 nitrogen and oxygen atoms in total. The molecule has 0 spiro atoms. The van der Waals surface area contributed by atoms with E-state index in [-0.39, 0.29) is 47.3 Å². The van der Waals surface area contributed by atoms with E-state index in [0.717, 1.165) is 0 Å². The van der Waals surface area contributed by atoms with Crippen molar-refractivity contribution in [1.29, 1.82) is 0 Å². The zero-order valence-electron chi connectivity index (χ0n) is 21.5. The van der Waals surface area contributed by atoms with E-state index < -0.39 is 54.0 Å². The quantitative estimate of drug-likeness (QED) is 0.103. The van der Waals surface area contributed by atoms with Crippen LogP contribution in [0.1, 0.15) is 30.6 Å². The molecule has 7 rings (SSSR count). The first-order chi connectivity index (χ1) is 20.2. The predicted molar refractivity (Wildman–Crippen MR) is 139 cm³/mol. The molecule has 9 N–H and O–H groups in total. The van der Waals surface area contributed by atoms with Crippen LogP contribution in [0.4, 0.5) is 11.9 Å². The molecule has 0 bridgehead atoms. The Labute approximate surface area is 232 Å². The van der Waals surface area contributed by atoms with Gasteiger partial charge in [-0.05, 0) is 0 Å². The number of nitrogens with one attached hydrogen (secondary N) is 2. The summed E-state index contributed by atoms with van der Waals surface area (Å²) < 4.78 is 16.4. The zero-order chi connectivity index (χ0) is 29.3. The number of aliphatic hydroxyl groups is 3. The van der Waals surface area contributed by atoms with Crippen molar-refractivity contribution in [3.05, 3.63) is 45.3 Å². The van der Waals surface area contributed by atoms with Crippen LogP contribution < -0.4 is 22.6 Å². The van der Waals surface area contributed by atoms with Crippen molar-refractivity contribution in [3.8, 4) is 0 Å². The Hall–Kier alpha value is -4.76. The normalized spacial score (nSPS) is 27.9. The zero-order valence-corrected chi connectivity index (χ0v) is 21.5. The maximum absolute atomic E-state index is 12.2. The molecule has 0 aromatic carbocycles. The second-order valence-corrected chi connectivity index (χ2v) is 10.1. The molecule has 0 aliphatic carbocycles. The number of rotatable bonds is 6. The Morgan fingerprint density at radius 3 is 2.24 bits per heavy atom. The molecule has 7 atom stereocenters. The number of nitrogens with zero attached hydrogens (tertiary/aromatic N) is 9. The van der Waals surface area contributed by atoms with Gasteiger partial charge in [-0.1, -0.05) is 5.21 Å². The summed E-state index contributed by atoms with van der Waals surface area (Å²) in [4.78, 5) is 45.4. The molecule has 20 heteroatoms. The van der Waals surface area contributed by atoms with E-state index in [1.54, 1.807) is 15.4 Å². The van der Waals surface area contributed by atoms with Crippen molar-refractivity contribution < 1.29 is 24.8 Å². The lowest BCUT2D eigenvalue weighted by atomic mass is 10.1. The average molecular weight is 584 g/mol. The minimum Gasteiger partial charge on any atom is -0.394 e. The number of hydrogen-bond acceptors (Lipinski definition) is 15. The molecule has 2 aliphatic rings. The lowest BCUT2D eigenvalue weighted by Gasteiger charge is -2.16. The third kappa shape index (κ3) is 4.11. The number of aromatic nitrogens is 11. The summed E-state index contributed by atoms with van der Waals surface area (Å²) in [5.41, 5.74) is 11.2. The van der Waals surface area contributed by atoms with E-state index in [1.165, 1.54) is 17.2 Å². The SMILES string of the molecule is Nc1nc2c(ncn2[C@@H]2O[C@H](Cc3cn([C@H]4C[C@H](n5cnc6c(=O)[nH]c(N)nc65)O[C@@H]4CO)nn3)[C@@H](O)[C@H]2O)c(=O)[nH]1. The van der Waals surface area contributed by atoms with Gasteiger partial charge in [0.15, 0.2) is 28.6 Å². The van der Waals surface area contributed by atoms with Crippen molar-refractivity contribution in [2.45, 2.75) is 55.8 Å². The number of imidazole rings is 2. The van der Waals surface area contributed by atoms with Gasteiger partial charge >= 0.3 is 0 Å². The molecular formula is C22H25N13O7. The Balaban J connectivity index is 1.09. The van der Waals surface area contributed by atoms with Crippen molar-refractivity contribution in [3.63, 3.8) is 0 Å². The van der Waals surface area contributed by atoms with Crippen LogP contribution in [0.3, 0.4) is 0 Å². The third-order valence-electron chi connectivity index (χ3n) is 7.51. The van der Waals surface area contributed by atoms with Crippen molar-refractivity contribution >= 4 is 34.2 Å². The molecule has 2 aliphatic heterocycles. The summed E-state index contributed by atoms with van der Waals surface area (Å²) in [5, 5.41) is 39.9. The number of H-pyrrole nitrogens is 2. The van der Waals surface area contributed by atoms with Gasteiger partial charge in [0.2, 0.25) is 11.9 Å². The monoisotopic (exact) mass is 583 g/mol. The van der Waals surface area contributed by atoms with Gasteiger partial charge in [-0.3, -0.25) is 28.7 Å². The second-order valence-electron chi connectivity index (χ2n) is 10.1. The lowest BCUT2D eigenvalue weighted by Crippen LogP contribution is -2.32. The average Bonchev–Trinajstić information content (AvgIpc) is 3.77. The molecule has 5 aromatic heterocycles. The molecule has 2 fully saturated rings. The lowest BCUT2D eigenvalue weighted by molar-refractivity contribution is -0.0347. The van der Waals surface area contributed by atoms with E-state index in [0.29, 0.717) is 12.1 Å². The molecular weight excluding hydrogens is 558 g/mol. The van der Waals surface area contributed by atoms with Crippen molar-refractivity contribution in [1.82, 2.24) is 54.0 Å². The number of aliphatic hydroxyl groups excluding tert-OH is 3. The minimum absolute atomic E-state index is 0.00569. The fourth-order valence-corrected chi connectivity index (χ4v) is 5.51. The van der Waals surface area contributed by atoms with E-state index in [9.17, 15) is 24.9 Å². The number of aromatic amines is 2. The fourth-order valence-electron chi connectivity index (χ4n) is 5.51. The molecule has 42 heavy (non-hydrogen) atoms. The number of hydrogen-bond donors (Lipinski definition) is 7. The third-order valence-corrected chi connectivity index (χ3v) is 7.51. The highest BCUT2D eigenvalue weighted by Gasteiger charge is 2.45. The summed E-state index contributed by atoms with van der Waals surface area (Å²) >= 11 is 0. The van der Waals surface area contributed by atoms with E-state index in [1.807, 2.05) is 0 Å². The Bertz CT molecular complexity index is 1910. The molecule has 7 heterocycles. The standard InChI is InChI=1S/C22H25N13O7/c23-21-27-16-12(18(39)29-21)25-5-33(16)11-2-8(10(4-36)41-11)35-3-7(31-32-35)1-9-14(37)15(38)20(42-9)34-6-26-13-17(34)28-22(24)30-19(13)40/h3,5-6,8-11,14-15,20,36-38H,1-2,4H2,(H3,23,27,29,39)(H3,24,28,30,40)/t8-,9+,10+,11+,14+,15+,20+/m0/s1. The van der Waals surface area contributed by atoms with Crippen LogP contribution in [-0.2, 0) is 15.9 Å². The second kappa shape index (κ2) is 9.66. The highest BCUT2D eigenvalue weighted by Crippen LogP contribution is 2.38. The van der Waals surface area contributed by atoms with Gasteiger partial charge in [0.25, 0.3) is 11.1 Å². The highest BCUT2D eigenvalue weighted by atomic mass is 16.6. The van der Waals surface area contributed by atoms with Gasteiger partial charge in [0.05, 0.1) is 37.1 Å². The molecule has 5 aromatic rings. The van der Waals surface area contributed by atoms with Crippen molar-refractivity contribution in [2.24, 2.45) is 0 Å². The topological polar surface area (TPSA) is 289 Å². The van der Waals surface area contributed by atoms with E-state index in [4.69, 9.17) is 20.9 Å². The first-order valence-electron chi connectivity index (χ1n) is 12.8. The largest absolute Gasteiger partial charge is 0.394 e. The summed E-state index contributed by atoms with van der Waals surface area (Å²) in [7, 11) is 0. The van der Waals surface area contributed by atoms with Crippen molar-refractivity contribution in [2.75, 3.05) is 18.1 Å². The highest BCUT2D eigenvalue weighted by molar-refractivity contribution is 5.71. The molecule has 0 unspecified atom stereocenters. The summed E-state index contributed by atoms with van der Waals surface area (Å²) in [6.45, 7) is -0.322. The number of fused-ring (bicyclic) bond motifs is 2. The summed E-state index contributed by atoms with van der Waals surface area (Å²) in [5.74, 6) is -0.201. The van der Waals surface area contributed by atoms with E-state index >= 15 is 0 Å². The molecule has 0 radical (unpaired) electrons. The van der Waals surface area contributed by atoms with Crippen LogP contribution >= 0.6 is 0 Å². The molecule has 0 saturated carbocycles. The Kier molecular flexibility index (Phi) is 6.02. The van der Waals surface area contributed by atoms with Gasteiger partial charge < -0.3 is 36.3 Å². The smallest absolute Gasteiger partial charge is 0.280 e. The Morgan fingerprint density at radius 1 is 0.929 bits per heavy atom. The Morgan fingerprint density at radius 2 is 1.57 bits per heavy atom. The summed E-state index contributed by atoms with van der Waals surface area (Å²) in [6.07, 6.45) is -1.21. The van der Waals surface area contributed by atoms with Gasteiger partial charge in [0, 0.05) is 19.0 Å². The van der Waals surface area contributed by atoms with Gasteiger partial charge in [-0.25, -0.2) is 14.6 Å². The predicted octanol–water partition coefficient (Wildman–Crippen LogP) is -3.31. The number of nitrogen functional groups attached to an aromatic ring is 2. The number of ether oxygens (including phenoxy) is 2. The van der Waals surface area contributed by atoms with Crippen LogP contribution in [0.5, 0.6) is 0 Å². The first-order valence-corrected chi connectivity index (χ1v) is 12.8. The maximum Gasteiger partial charge on any atom is 0.280 e. The van der Waals surface area contributed by atoms with Gasteiger partial charge in [-0.15, -0.1) is 5.10 Å². The van der Waals surface area contributed by atoms with Crippen LogP contribution in [0.25, 0.3) is 22.3 Å².